The molecule has 0 radical (unpaired) electrons. The van der Waals surface area contributed by atoms with E-state index in [0.717, 1.165) is 3.57 Å². The van der Waals surface area contributed by atoms with Crippen molar-refractivity contribution in [3.05, 3.63) is 21.8 Å². The van der Waals surface area contributed by atoms with Crippen molar-refractivity contribution in [3.8, 4) is 5.75 Å². The van der Waals surface area contributed by atoms with Gasteiger partial charge in [0.1, 0.15) is 5.75 Å². The number of methoxy groups -OCH3 is 1. The monoisotopic (exact) mass is 454 g/mol. The van der Waals surface area contributed by atoms with Crippen LogP contribution in [0.2, 0.25) is 0 Å². The molecule has 1 aromatic rings. The first-order valence-electron chi connectivity index (χ1n) is 7.15. The molecule has 0 saturated carbocycles. The summed E-state index contributed by atoms with van der Waals surface area (Å²) in [5.74, 6) is 0.636. The third-order valence-electron chi connectivity index (χ3n) is 3.53. The second kappa shape index (κ2) is 7.67. The summed E-state index contributed by atoms with van der Waals surface area (Å²) in [6, 6.07) is 4.77. The largest absolute Gasteiger partial charge is 0.496 e. The number of hydrogen-bond acceptors (Lipinski definition) is 5. The zero-order valence-electron chi connectivity index (χ0n) is 13.0. The van der Waals surface area contributed by atoms with E-state index in [1.54, 1.807) is 26.2 Å². The molecule has 9 heteroatoms. The number of rotatable bonds is 4. The van der Waals surface area contributed by atoms with Crippen molar-refractivity contribution in [2.24, 2.45) is 0 Å². The molecule has 1 aromatic carbocycles. The van der Waals surface area contributed by atoms with Crippen LogP contribution >= 0.6 is 22.6 Å². The fourth-order valence-electron chi connectivity index (χ4n) is 2.28. The van der Waals surface area contributed by atoms with Crippen molar-refractivity contribution in [2.75, 3.05) is 39.9 Å². The molecule has 1 heterocycles. The number of sulfonamides is 1. The summed E-state index contributed by atoms with van der Waals surface area (Å²) in [4.78, 5) is 13.4. The lowest BCUT2D eigenvalue weighted by molar-refractivity contribution is 0.0934. The van der Waals surface area contributed by atoms with Gasteiger partial charge in [0.15, 0.2) is 0 Å². The molecule has 0 aromatic heterocycles. The topological polar surface area (TPSA) is 76.2 Å². The minimum absolute atomic E-state index is 0.229. The smallest absolute Gasteiger partial charge is 0.409 e. The second-order valence-electron chi connectivity index (χ2n) is 4.89. The Balaban J connectivity index is 2.10. The Morgan fingerprint density at radius 2 is 1.91 bits per heavy atom. The maximum absolute atomic E-state index is 12.7. The van der Waals surface area contributed by atoms with Gasteiger partial charge in [0.05, 0.1) is 22.2 Å². The van der Waals surface area contributed by atoms with Gasteiger partial charge in [0.25, 0.3) is 0 Å². The van der Waals surface area contributed by atoms with E-state index >= 15 is 0 Å². The molecule has 7 nitrogen and oxygen atoms in total. The second-order valence-corrected chi connectivity index (χ2v) is 7.99. The number of ether oxygens (including phenoxy) is 2. The van der Waals surface area contributed by atoms with Gasteiger partial charge in [-0.25, -0.2) is 13.2 Å². The molecule has 0 spiro atoms. The van der Waals surface area contributed by atoms with E-state index in [1.165, 1.54) is 15.3 Å². The van der Waals surface area contributed by atoms with Gasteiger partial charge in [0, 0.05) is 26.2 Å². The summed E-state index contributed by atoms with van der Waals surface area (Å²) in [5, 5.41) is 0. The van der Waals surface area contributed by atoms with Crippen LogP contribution in [-0.4, -0.2) is 63.6 Å². The van der Waals surface area contributed by atoms with E-state index in [0.29, 0.717) is 25.4 Å². The lowest BCUT2D eigenvalue weighted by Gasteiger charge is -2.33. The van der Waals surface area contributed by atoms with Crippen LogP contribution in [0.5, 0.6) is 5.75 Å². The van der Waals surface area contributed by atoms with Crippen LogP contribution < -0.4 is 4.74 Å². The summed E-state index contributed by atoms with van der Waals surface area (Å²) >= 11 is 2.04. The Bertz CT molecular complexity index is 672. The Morgan fingerprint density at radius 3 is 2.43 bits per heavy atom. The minimum atomic E-state index is -3.58. The first kappa shape index (κ1) is 18.3. The number of nitrogens with zero attached hydrogens (tertiary/aromatic N) is 2. The molecule has 23 heavy (non-hydrogen) atoms. The molecule has 1 aliphatic rings. The van der Waals surface area contributed by atoms with Gasteiger partial charge in [0.2, 0.25) is 10.0 Å². The van der Waals surface area contributed by atoms with Gasteiger partial charge < -0.3 is 14.4 Å². The van der Waals surface area contributed by atoms with E-state index < -0.39 is 16.1 Å². The van der Waals surface area contributed by atoms with E-state index in [9.17, 15) is 13.2 Å². The third-order valence-corrected chi connectivity index (χ3v) is 6.26. The predicted molar refractivity (Wildman–Crippen MR) is 93.1 cm³/mol. The summed E-state index contributed by atoms with van der Waals surface area (Å²) < 4.78 is 37.6. The number of carbonyl (C=O) groups is 1. The van der Waals surface area contributed by atoms with Crippen molar-refractivity contribution in [1.29, 1.82) is 0 Å². The zero-order valence-corrected chi connectivity index (χ0v) is 16.0. The van der Waals surface area contributed by atoms with Gasteiger partial charge in [-0.3, -0.25) is 0 Å². The van der Waals surface area contributed by atoms with Gasteiger partial charge in [-0.2, -0.15) is 4.31 Å². The van der Waals surface area contributed by atoms with E-state index in [-0.39, 0.29) is 18.0 Å². The highest BCUT2D eigenvalue weighted by atomic mass is 127. The van der Waals surface area contributed by atoms with Crippen LogP contribution in [0.3, 0.4) is 0 Å². The lowest BCUT2D eigenvalue weighted by atomic mass is 10.3. The Labute approximate surface area is 149 Å². The normalized spacial score (nSPS) is 16.2. The predicted octanol–water partition coefficient (Wildman–Crippen LogP) is 1.76. The molecular formula is C14H19IN2O5S. The van der Waals surface area contributed by atoms with Crippen molar-refractivity contribution < 1.29 is 22.7 Å². The van der Waals surface area contributed by atoms with Gasteiger partial charge in [-0.1, -0.05) is 0 Å². The fourth-order valence-corrected chi connectivity index (χ4v) is 4.68. The third kappa shape index (κ3) is 4.07. The van der Waals surface area contributed by atoms with Crippen LogP contribution in [0, 0.1) is 3.57 Å². The molecule has 0 bridgehead atoms. The number of benzene rings is 1. The number of halogens is 1. The maximum Gasteiger partial charge on any atom is 0.409 e. The van der Waals surface area contributed by atoms with Crippen LogP contribution in [0.15, 0.2) is 23.1 Å². The van der Waals surface area contributed by atoms with Crippen molar-refractivity contribution in [3.63, 3.8) is 0 Å². The standard InChI is InChI=1S/C14H19IN2O5S/c1-3-22-14(18)16-6-8-17(9-7-16)23(19,20)11-4-5-13(21-2)12(15)10-11/h4-5,10H,3,6-9H2,1-2H3. The fraction of sp³-hybridized carbons (Fsp3) is 0.500. The molecule has 1 amide bonds. The molecule has 0 aliphatic carbocycles. The Hall–Kier alpha value is -1.07. The maximum atomic E-state index is 12.7. The van der Waals surface area contributed by atoms with Crippen molar-refractivity contribution in [1.82, 2.24) is 9.21 Å². The molecule has 2 rings (SSSR count). The summed E-state index contributed by atoms with van der Waals surface area (Å²) in [7, 11) is -2.03. The summed E-state index contributed by atoms with van der Waals surface area (Å²) in [5.41, 5.74) is 0. The first-order valence-corrected chi connectivity index (χ1v) is 9.67. The molecule has 0 unspecified atom stereocenters. The summed E-state index contributed by atoms with van der Waals surface area (Å²) in [6.45, 7) is 3.20. The molecule has 0 atom stereocenters. The molecule has 1 aliphatic heterocycles. The van der Waals surface area contributed by atoms with E-state index in [2.05, 4.69) is 0 Å². The van der Waals surface area contributed by atoms with Crippen LogP contribution in [-0.2, 0) is 14.8 Å². The van der Waals surface area contributed by atoms with Crippen LogP contribution in [0.1, 0.15) is 6.92 Å². The lowest BCUT2D eigenvalue weighted by Crippen LogP contribution is -2.50. The molecule has 0 N–H and O–H groups in total. The first-order chi connectivity index (χ1) is 10.9. The van der Waals surface area contributed by atoms with Crippen LogP contribution in [0.4, 0.5) is 4.79 Å². The molecular weight excluding hydrogens is 435 g/mol. The molecule has 1 saturated heterocycles. The highest BCUT2D eigenvalue weighted by Gasteiger charge is 2.30. The van der Waals surface area contributed by atoms with Crippen LogP contribution in [0.25, 0.3) is 0 Å². The average molecular weight is 454 g/mol. The Kier molecular flexibility index (Phi) is 6.09. The van der Waals surface area contributed by atoms with Crippen molar-refractivity contribution >= 4 is 38.7 Å². The Morgan fingerprint density at radius 1 is 1.26 bits per heavy atom. The number of hydrogen-bond donors (Lipinski definition) is 0. The van der Waals surface area contributed by atoms with Gasteiger partial charge in [-0.05, 0) is 47.7 Å². The van der Waals surface area contributed by atoms with Crippen molar-refractivity contribution in [2.45, 2.75) is 11.8 Å². The van der Waals surface area contributed by atoms with E-state index in [4.69, 9.17) is 9.47 Å². The van der Waals surface area contributed by atoms with E-state index in [1.807, 2.05) is 22.6 Å². The van der Waals surface area contributed by atoms with Gasteiger partial charge >= 0.3 is 6.09 Å². The quantitative estimate of drug-likeness (QED) is 0.649. The molecule has 128 valence electrons. The number of piperazine rings is 1. The summed E-state index contributed by atoms with van der Waals surface area (Å²) in [6.07, 6.45) is -0.399. The molecule has 1 fully saturated rings. The zero-order chi connectivity index (χ0) is 17.0. The highest BCUT2D eigenvalue weighted by molar-refractivity contribution is 14.1. The highest BCUT2D eigenvalue weighted by Crippen LogP contribution is 2.26. The number of carbonyl (C=O) groups excluding carboxylic acids is 1. The minimum Gasteiger partial charge on any atom is -0.496 e. The SMILES string of the molecule is CCOC(=O)N1CCN(S(=O)(=O)c2ccc(OC)c(I)c2)CC1. The average Bonchev–Trinajstić information content (AvgIpc) is 2.55. The van der Waals surface area contributed by atoms with Gasteiger partial charge in [-0.15, -0.1) is 0 Å². The number of amides is 1.